The number of hydrogen-bond acceptors (Lipinski definition) is 5. The summed E-state index contributed by atoms with van der Waals surface area (Å²) < 4.78 is 6.38. The highest BCUT2D eigenvalue weighted by Gasteiger charge is 2.50. The Morgan fingerprint density at radius 1 is 1.09 bits per heavy atom. The SMILES string of the molecule is COC(=O)c1ncn2c1C(=O)N(c1ccc(C)cc1C)[C@@](C)(C(=O)NCc1ccc(C)cc1)C2. The zero-order valence-corrected chi connectivity index (χ0v) is 20.0. The number of hydrogen-bond donors (Lipinski definition) is 1. The van der Waals surface area contributed by atoms with Gasteiger partial charge in [0.15, 0.2) is 5.69 Å². The third-order valence-electron chi connectivity index (χ3n) is 6.25. The van der Waals surface area contributed by atoms with Gasteiger partial charge in [0, 0.05) is 12.2 Å². The number of anilines is 1. The molecule has 0 aliphatic carbocycles. The van der Waals surface area contributed by atoms with Gasteiger partial charge in [-0.25, -0.2) is 9.78 Å². The maximum atomic E-state index is 13.9. The first kappa shape index (κ1) is 23.2. The molecule has 0 saturated carbocycles. The number of amides is 2. The summed E-state index contributed by atoms with van der Waals surface area (Å²) in [6.07, 6.45) is 1.41. The molecule has 1 atom stereocenters. The number of rotatable bonds is 5. The van der Waals surface area contributed by atoms with Crippen molar-refractivity contribution in [3.05, 3.63) is 82.4 Å². The van der Waals surface area contributed by atoms with Gasteiger partial charge in [0.05, 0.1) is 20.0 Å². The van der Waals surface area contributed by atoms with Crippen molar-refractivity contribution in [1.82, 2.24) is 14.9 Å². The third-order valence-corrected chi connectivity index (χ3v) is 6.25. The van der Waals surface area contributed by atoms with Crippen molar-refractivity contribution in [2.75, 3.05) is 12.0 Å². The zero-order chi connectivity index (χ0) is 24.6. The van der Waals surface area contributed by atoms with E-state index < -0.39 is 17.4 Å². The Morgan fingerprint density at radius 2 is 1.76 bits per heavy atom. The van der Waals surface area contributed by atoms with Crippen molar-refractivity contribution < 1.29 is 19.1 Å². The lowest BCUT2D eigenvalue weighted by atomic mass is 9.92. The minimum Gasteiger partial charge on any atom is -0.464 e. The average Bonchev–Trinajstić information content (AvgIpc) is 3.23. The van der Waals surface area contributed by atoms with Crippen LogP contribution in [0, 0.1) is 20.8 Å². The first-order valence-corrected chi connectivity index (χ1v) is 11.0. The van der Waals surface area contributed by atoms with Crippen LogP contribution in [0.3, 0.4) is 0 Å². The van der Waals surface area contributed by atoms with Crippen molar-refractivity contribution in [2.24, 2.45) is 0 Å². The van der Waals surface area contributed by atoms with Crippen molar-refractivity contribution >= 4 is 23.5 Å². The molecule has 0 radical (unpaired) electrons. The number of carbonyl (C=O) groups excluding carboxylic acids is 3. The minimum atomic E-state index is -1.26. The molecule has 0 fully saturated rings. The predicted molar refractivity (Wildman–Crippen MR) is 128 cm³/mol. The number of imidazole rings is 1. The van der Waals surface area contributed by atoms with Gasteiger partial charge in [-0.05, 0) is 44.9 Å². The summed E-state index contributed by atoms with van der Waals surface area (Å²) in [5, 5.41) is 2.99. The molecule has 1 aromatic heterocycles. The lowest BCUT2D eigenvalue weighted by Gasteiger charge is -2.44. The van der Waals surface area contributed by atoms with E-state index in [0.29, 0.717) is 12.2 Å². The van der Waals surface area contributed by atoms with E-state index in [2.05, 4.69) is 10.3 Å². The summed E-state index contributed by atoms with van der Waals surface area (Å²) in [4.78, 5) is 45.4. The fraction of sp³-hybridized carbons (Fsp3) is 0.308. The van der Waals surface area contributed by atoms with Crippen molar-refractivity contribution in [3.63, 3.8) is 0 Å². The molecule has 8 nitrogen and oxygen atoms in total. The number of fused-ring (bicyclic) bond motifs is 1. The first-order valence-electron chi connectivity index (χ1n) is 11.0. The summed E-state index contributed by atoms with van der Waals surface area (Å²) in [5.74, 6) is -1.49. The van der Waals surface area contributed by atoms with E-state index in [1.54, 1.807) is 11.5 Å². The topological polar surface area (TPSA) is 93.5 Å². The van der Waals surface area contributed by atoms with Gasteiger partial charge in [-0.1, -0.05) is 47.5 Å². The Hall–Kier alpha value is -3.94. The number of ether oxygens (including phenoxy) is 1. The summed E-state index contributed by atoms with van der Waals surface area (Å²) in [5.41, 5.74) is 3.36. The highest BCUT2D eigenvalue weighted by molar-refractivity contribution is 6.15. The Bertz CT molecular complexity index is 1280. The lowest BCUT2D eigenvalue weighted by molar-refractivity contribution is -0.126. The molecule has 1 N–H and O–H groups in total. The normalized spacial score (nSPS) is 17.3. The molecule has 2 heterocycles. The third kappa shape index (κ3) is 3.96. The van der Waals surface area contributed by atoms with E-state index >= 15 is 0 Å². The van der Waals surface area contributed by atoms with Crippen LogP contribution in [0.2, 0.25) is 0 Å². The highest BCUT2D eigenvalue weighted by atomic mass is 16.5. The molecule has 0 spiro atoms. The van der Waals surface area contributed by atoms with Gasteiger partial charge in [-0.15, -0.1) is 0 Å². The van der Waals surface area contributed by atoms with Gasteiger partial charge in [0.25, 0.3) is 5.91 Å². The van der Waals surface area contributed by atoms with Crippen LogP contribution >= 0.6 is 0 Å². The number of benzene rings is 2. The minimum absolute atomic E-state index is 0.0654. The molecular formula is C26H28N4O4. The van der Waals surface area contributed by atoms with Gasteiger partial charge < -0.3 is 14.6 Å². The van der Waals surface area contributed by atoms with Crippen LogP contribution in [0.25, 0.3) is 0 Å². The van der Waals surface area contributed by atoms with Crippen molar-refractivity contribution in [3.8, 4) is 0 Å². The molecule has 0 saturated heterocycles. The summed E-state index contributed by atoms with van der Waals surface area (Å²) in [6.45, 7) is 8.05. The quantitative estimate of drug-likeness (QED) is 0.590. The number of nitrogens with one attached hydrogen (secondary N) is 1. The molecule has 1 aliphatic rings. The van der Waals surface area contributed by atoms with Crippen LogP contribution in [0.5, 0.6) is 0 Å². The smallest absolute Gasteiger partial charge is 0.359 e. The largest absolute Gasteiger partial charge is 0.464 e. The molecule has 4 rings (SSSR count). The molecule has 34 heavy (non-hydrogen) atoms. The van der Waals surface area contributed by atoms with Crippen molar-refractivity contribution in [2.45, 2.75) is 46.3 Å². The molecule has 1 aliphatic heterocycles. The van der Waals surface area contributed by atoms with E-state index in [-0.39, 0.29) is 23.8 Å². The van der Waals surface area contributed by atoms with E-state index in [1.807, 2.05) is 63.2 Å². The standard InChI is InChI=1S/C26H28N4O4/c1-16-6-9-19(10-7-16)13-27-25(33)26(4)14-29-15-28-21(24(32)34-5)22(29)23(31)30(26)20-11-8-17(2)12-18(20)3/h6-12,15H,13-14H2,1-5H3,(H,27,33)/t26-/m1/s1. The van der Waals surface area contributed by atoms with Crippen LogP contribution in [0.4, 0.5) is 5.69 Å². The molecular weight excluding hydrogens is 432 g/mol. The monoisotopic (exact) mass is 460 g/mol. The summed E-state index contributed by atoms with van der Waals surface area (Å²) in [6, 6.07) is 13.6. The van der Waals surface area contributed by atoms with E-state index in [0.717, 1.165) is 22.3 Å². The summed E-state index contributed by atoms with van der Waals surface area (Å²) >= 11 is 0. The Balaban J connectivity index is 1.77. The van der Waals surface area contributed by atoms with E-state index in [1.165, 1.54) is 18.3 Å². The van der Waals surface area contributed by atoms with Crippen LogP contribution in [-0.2, 0) is 22.6 Å². The molecule has 2 aromatic carbocycles. The second-order valence-corrected chi connectivity index (χ2v) is 8.93. The molecule has 8 heteroatoms. The number of methoxy groups -OCH3 is 1. The molecule has 0 unspecified atom stereocenters. The van der Waals surface area contributed by atoms with Gasteiger partial charge in [0.1, 0.15) is 11.2 Å². The number of aromatic nitrogens is 2. The van der Waals surface area contributed by atoms with Crippen LogP contribution < -0.4 is 10.2 Å². The number of carbonyl (C=O) groups is 3. The number of esters is 1. The Kier molecular flexibility index (Phi) is 6.00. The van der Waals surface area contributed by atoms with Gasteiger partial charge in [-0.2, -0.15) is 0 Å². The molecule has 3 aromatic rings. The first-order chi connectivity index (χ1) is 16.2. The Labute approximate surface area is 198 Å². The second-order valence-electron chi connectivity index (χ2n) is 8.93. The number of nitrogens with zero attached hydrogens (tertiary/aromatic N) is 3. The van der Waals surface area contributed by atoms with Gasteiger partial charge in [-0.3, -0.25) is 14.5 Å². The maximum Gasteiger partial charge on any atom is 0.359 e. The highest BCUT2D eigenvalue weighted by Crippen LogP contribution is 2.36. The van der Waals surface area contributed by atoms with Crippen LogP contribution in [0.1, 0.15) is 50.2 Å². The van der Waals surface area contributed by atoms with Crippen molar-refractivity contribution in [1.29, 1.82) is 0 Å². The van der Waals surface area contributed by atoms with E-state index in [4.69, 9.17) is 4.74 Å². The number of aryl methyl sites for hydroxylation is 3. The average molecular weight is 461 g/mol. The molecule has 2 amide bonds. The second kappa shape index (κ2) is 8.78. The fourth-order valence-electron chi connectivity index (χ4n) is 4.39. The fourth-order valence-corrected chi connectivity index (χ4v) is 4.39. The van der Waals surface area contributed by atoms with Gasteiger partial charge in [0.2, 0.25) is 5.91 Å². The zero-order valence-electron chi connectivity index (χ0n) is 20.0. The van der Waals surface area contributed by atoms with Crippen LogP contribution in [0.15, 0.2) is 48.8 Å². The summed E-state index contributed by atoms with van der Waals surface area (Å²) in [7, 11) is 1.24. The predicted octanol–water partition coefficient (Wildman–Crippen LogP) is 3.33. The van der Waals surface area contributed by atoms with E-state index in [9.17, 15) is 14.4 Å². The van der Waals surface area contributed by atoms with Crippen LogP contribution in [-0.4, -0.2) is 40.0 Å². The molecule has 0 bridgehead atoms. The molecule has 176 valence electrons. The van der Waals surface area contributed by atoms with Gasteiger partial charge >= 0.3 is 5.97 Å². The Morgan fingerprint density at radius 3 is 2.41 bits per heavy atom. The lowest BCUT2D eigenvalue weighted by Crippen LogP contribution is -2.64. The maximum absolute atomic E-state index is 13.9.